The highest BCUT2D eigenvalue weighted by Gasteiger charge is 2.25. The van der Waals surface area contributed by atoms with Crippen molar-refractivity contribution in [1.82, 2.24) is 10.7 Å². The maximum Gasteiger partial charge on any atom is 0.318 e. The van der Waals surface area contributed by atoms with Crippen molar-refractivity contribution in [2.75, 3.05) is 19.5 Å². The molecule has 1 aromatic rings. The predicted octanol–water partition coefficient (Wildman–Crippen LogP) is -0.206. The number of ether oxygens (including phenoxy) is 1. The summed E-state index contributed by atoms with van der Waals surface area (Å²) in [6, 6.07) is 0. The summed E-state index contributed by atoms with van der Waals surface area (Å²) in [6.07, 6.45) is 0.684. The highest BCUT2D eigenvalue weighted by Crippen LogP contribution is 2.21. The third-order valence-corrected chi connectivity index (χ3v) is 2.56. The number of nitrogens with two attached hydrogens (primary N) is 1. The van der Waals surface area contributed by atoms with Crippen molar-refractivity contribution in [2.24, 2.45) is 5.16 Å². The first-order valence-electron chi connectivity index (χ1n) is 4.74. The number of nitrogens with one attached hydrogen (secondary N) is 1. The predicted molar refractivity (Wildman–Crippen MR) is 63.8 cm³/mol. The smallest absolute Gasteiger partial charge is 0.318 e. The summed E-state index contributed by atoms with van der Waals surface area (Å²) >= 11 is 1.19. The number of carbonyl (C=O) groups is 2. The fourth-order valence-electron chi connectivity index (χ4n) is 1.08. The van der Waals surface area contributed by atoms with Gasteiger partial charge in [-0.25, -0.2) is 4.98 Å². The number of esters is 1. The SMILES string of the molecule is COC(=O)C(CON=CC([NH])=O)c1csc(N)n1. The molecular weight excluding hydrogens is 260 g/mol. The zero-order valence-corrected chi connectivity index (χ0v) is 10.3. The van der Waals surface area contributed by atoms with Gasteiger partial charge in [0.15, 0.2) is 5.13 Å². The van der Waals surface area contributed by atoms with Crippen molar-refractivity contribution in [3.8, 4) is 0 Å². The molecule has 0 bridgehead atoms. The number of aromatic nitrogens is 1. The second kappa shape index (κ2) is 6.55. The van der Waals surface area contributed by atoms with E-state index in [1.54, 1.807) is 5.38 Å². The first-order valence-corrected chi connectivity index (χ1v) is 5.62. The van der Waals surface area contributed by atoms with Gasteiger partial charge in [-0.1, -0.05) is 5.16 Å². The lowest BCUT2D eigenvalue weighted by Crippen LogP contribution is -2.19. The van der Waals surface area contributed by atoms with Gasteiger partial charge in [-0.2, -0.15) is 0 Å². The number of hydrogen-bond donors (Lipinski definition) is 1. The second-order valence-electron chi connectivity index (χ2n) is 3.08. The highest BCUT2D eigenvalue weighted by atomic mass is 32.1. The quantitative estimate of drug-likeness (QED) is 0.433. The van der Waals surface area contributed by atoms with Gasteiger partial charge in [-0.3, -0.25) is 15.3 Å². The Labute approximate surface area is 107 Å². The zero-order valence-electron chi connectivity index (χ0n) is 9.45. The van der Waals surface area contributed by atoms with Crippen LogP contribution in [0.2, 0.25) is 0 Å². The molecule has 1 unspecified atom stereocenters. The van der Waals surface area contributed by atoms with E-state index >= 15 is 0 Å². The largest absolute Gasteiger partial charge is 0.468 e. The molecule has 9 heteroatoms. The highest BCUT2D eigenvalue weighted by molar-refractivity contribution is 7.13. The summed E-state index contributed by atoms with van der Waals surface area (Å²) < 4.78 is 4.60. The number of rotatable bonds is 6. The lowest BCUT2D eigenvalue weighted by molar-refractivity contribution is -0.144. The number of methoxy groups -OCH3 is 1. The summed E-state index contributed by atoms with van der Waals surface area (Å²) in [4.78, 5) is 30.5. The van der Waals surface area contributed by atoms with E-state index in [9.17, 15) is 9.59 Å². The second-order valence-corrected chi connectivity index (χ2v) is 3.97. The number of hydrogen-bond acceptors (Lipinski definition) is 8. The minimum atomic E-state index is -0.998. The molecule has 1 rings (SSSR count). The van der Waals surface area contributed by atoms with Crippen LogP contribution >= 0.6 is 11.3 Å². The molecule has 1 heterocycles. The molecule has 1 radical (unpaired) electrons. The Hall–Kier alpha value is -2.16. The molecule has 97 valence electrons. The standard InChI is InChI=1S/C9H11N4O4S/c1-16-8(15)5(3-17-12-2-7(10)14)6-4-18-9(11)13-6/h2,4-5,10H,3H2,1H3,(H2,11,13). The van der Waals surface area contributed by atoms with Gasteiger partial charge < -0.3 is 15.3 Å². The van der Waals surface area contributed by atoms with E-state index in [1.165, 1.54) is 18.4 Å². The molecule has 0 aliphatic carbocycles. The van der Waals surface area contributed by atoms with E-state index in [4.69, 9.17) is 16.3 Å². The molecule has 18 heavy (non-hydrogen) atoms. The molecule has 8 nitrogen and oxygen atoms in total. The minimum absolute atomic E-state index is 0.153. The molecule has 1 aromatic heterocycles. The summed E-state index contributed by atoms with van der Waals surface area (Å²) in [5.41, 5.74) is 12.4. The van der Waals surface area contributed by atoms with E-state index in [-0.39, 0.29) is 6.61 Å². The van der Waals surface area contributed by atoms with Crippen LogP contribution in [0.4, 0.5) is 5.13 Å². The fourth-order valence-corrected chi connectivity index (χ4v) is 1.70. The van der Waals surface area contributed by atoms with Crippen LogP contribution in [0.5, 0.6) is 0 Å². The van der Waals surface area contributed by atoms with Crippen LogP contribution in [0.25, 0.3) is 0 Å². The van der Waals surface area contributed by atoms with Gasteiger partial charge >= 0.3 is 5.97 Å². The van der Waals surface area contributed by atoms with Crippen LogP contribution in [0.3, 0.4) is 0 Å². The zero-order chi connectivity index (χ0) is 13.5. The first kappa shape index (κ1) is 13.9. The maximum absolute atomic E-state index is 11.5. The van der Waals surface area contributed by atoms with Crippen LogP contribution in [0.15, 0.2) is 10.5 Å². The van der Waals surface area contributed by atoms with Gasteiger partial charge in [0, 0.05) is 5.38 Å². The molecule has 1 atom stereocenters. The number of anilines is 1. The van der Waals surface area contributed by atoms with Crippen molar-refractivity contribution < 1.29 is 19.2 Å². The van der Waals surface area contributed by atoms with Crippen LogP contribution in [-0.4, -0.2) is 36.8 Å². The Morgan fingerprint density at radius 1 is 1.72 bits per heavy atom. The van der Waals surface area contributed by atoms with Crippen LogP contribution < -0.4 is 11.5 Å². The lowest BCUT2D eigenvalue weighted by atomic mass is 10.1. The van der Waals surface area contributed by atoms with Crippen molar-refractivity contribution in [3.63, 3.8) is 0 Å². The van der Waals surface area contributed by atoms with E-state index in [2.05, 4.69) is 14.9 Å². The average Bonchev–Trinajstić information content (AvgIpc) is 2.74. The average molecular weight is 271 g/mol. The summed E-state index contributed by atoms with van der Waals surface area (Å²) in [6.45, 7) is -0.153. The topological polar surface area (TPSA) is 128 Å². The Balaban J connectivity index is 2.68. The van der Waals surface area contributed by atoms with Crippen LogP contribution in [-0.2, 0) is 19.2 Å². The van der Waals surface area contributed by atoms with Gasteiger partial charge in [0.2, 0.25) is 0 Å². The Morgan fingerprint density at radius 3 is 2.94 bits per heavy atom. The molecule has 0 aliphatic heterocycles. The number of thiazole rings is 1. The summed E-state index contributed by atoms with van der Waals surface area (Å²) in [5.74, 6) is -2.32. The number of amides is 1. The Bertz CT molecular complexity index is 459. The van der Waals surface area contributed by atoms with E-state index < -0.39 is 17.8 Å². The van der Waals surface area contributed by atoms with Gasteiger partial charge in [0.1, 0.15) is 18.7 Å². The molecule has 1 amide bonds. The maximum atomic E-state index is 11.5. The van der Waals surface area contributed by atoms with E-state index in [1.807, 2.05) is 0 Å². The Morgan fingerprint density at radius 2 is 2.44 bits per heavy atom. The molecule has 0 fully saturated rings. The van der Waals surface area contributed by atoms with Crippen molar-refractivity contribution in [3.05, 3.63) is 11.1 Å². The third-order valence-electron chi connectivity index (χ3n) is 1.87. The number of nitrogens with zero attached hydrogens (tertiary/aromatic N) is 2. The molecule has 0 saturated carbocycles. The van der Waals surface area contributed by atoms with Gasteiger partial charge in [-0.05, 0) is 0 Å². The van der Waals surface area contributed by atoms with Crippen molar-refractivity contribution >= 4 is 34.6 Å². The van der Waals surface area contributed by atoms with E-state index in [0.29, 0.717) is 17.0 Å². The Kier molecular flexibility index (Phi) is 5.06. The van der Waals surface area contributed by atoms with Gasteiger partial charge in [-0.15, -0.1) is 11.3 Å². The first-order chi connectivity index (χ1) is 8.54. The number of nitrogen functional groups attached to an aromatic ring is 1. The molecule has 0 spiro atoms. The monoisotopic (exact) mass is 271 g/mol. The molecular formula is C9H11N4O4S. The van der Waals surface area contributed by atoms with Gasteiger partial charge in [0.05, 0.1) is 12.8 Å². The van der Waals surface area contributed by atoms with E-state index in [0.717, 1.165) is 0 Å². The van der Waals surface area contributed by atoms with Gasteiger partial charge in [0.25, 0.3) is 5.91 Å². The number of oxime groups is 1. The summed E-state index contributed by atoms with van der Waals surface area (Å²) in [5, 5.41) is 5.17. The molecule has 0 aromatic carbocycles. The molecule has 0 aliphatic rings. The normalized spacial score (nSPS) is 12.3. The summed E-state index contributed by atoms with van der Waals surface area (Å²) in [7, 11) is 1.24. The molecule has 3 N–H and O–H groups in total. The lowest BCUT2D eigenvalue weighted by Gasteiger charge is -2.10. The van der Waals surface area contributed by atoms with Crippen molar-refractivity contribution in [2.45, 2.75) is 5.92 Å². The minimum Gasteiger partial charge on any atom is -0.468 e. The fraction of sp³-hybridized carbons (Fsp3) is 0.333. The van der Waals surface area contributed by atoms with Crippen LogP contribution in [0, 0.1) is 0 Å². The van der Waals surface area contributed by atoms with Crippen molar-refractivity contribution in [1.29, 1.82) is 0 Å². The number of carbonyl (C=O) groups excluding carboxylic acids is 2. The van der Waals surface area contributed by atoms with Crippen LogP contribution in [0.1, 0.15) is 11.6 Å². The third kappa shape index (κ3) is 4.01. The molecule has 0 saturated heterocycles.